The zero-order chi connectivity index (χ0) is 27.1. The van der Waals surface area contributed by atoms with E-state index >= 15 is 0 Å². The van der Waals surface area contributed by atoms with Crippen molar-refractivity contribution in [3.8, 4) is 0 Å². The van der Waals surface area contributed by atoms with Crippen molar-refractivity contribution in [3.63, 3.8) is 0 Å². The summed E-state index contributed by atoms with van der Waals surface area (Å²) in [7, 11) is 0. The summed E-state index contributed by atoms with van der Waals surface area (Å²) in [6, 6.07) is 30.1. The topological polar surface area (TPSA) is 63.2 Å². The first-order valence-corrected chi connectivity index (χ1v) is 14.0. The average Bonchev–Trinajstić information content (AvgIpc) is 2.97. The Hall–Kier alpha value is -3.03. The van der Waals surface area contributed by atoms with Crippen LogP contribution in [0.15, 0.2) is 91.0 Å². The molecule has 6 heteroatoms. The first kappa shape index (κ1) is 29.0. The Labute approximate surface area is 232 Å². The molecule has 1 heterocycles. The van der Waals surface area contributed by atoms with Crippen molar-refractivity contribution in [2.75, 3.05) is 6.61 Å². The SMILES string of the molecule is CCCCCC(=O)O[C@H]1C[C@@H](OCc2ccccc2)[C@H](OCc2ccccc2)[C@@H](COCc2ccccc2)O1. The van der Waals surface area contributed by atoms with E-state index < -0.39 is 18.5 Å². The number of hydrogen-bond acceptors (Lipinski definition) is 6. The van der Waals surface area contributed by atoms with Crippen LogP contribution in [0.1, 0.15) is 55.7 Å². The van der Waals surface area contributed by atoms with Crippen LogP contribution in [-0.2, 0) is 48.3 Å². The largest absolute Gasteiger partial charge is 0.436 e. The molecule has 0 saturated carbocycles. The van der Waals surface area contributed by atoms with Gasteiger partial charge >= 0.3 is 5.97 Å². The Kier molecular flexibility index (Phi) is 12.0. The summed E-state index contributed by atoms with van der Waals surface area (Å²) in [6.07, 6.45) is 1.68. The molecule has 6 nitrogen and oxygen atoms in total. The fourth-order valence-electron chi connectivity index (χ4n) is 4.61. The summed E-state index contributed by atoms with van der Waals surface area (Å²) < 4.78 is 31.0. The molecule has 208 valence electrons. The van der Waals surface area contributed by atoms with E-state index in [2.05, 4.69) is 6.92 Å². The summed E-state index contributed by atoms with van der Waals surface area (Å²) >= 11 is 0. The Morgan fingerprint density at radius 2 is 1.33 bits per heavy atom. The van der Waals surface area contributed by atoms with Crippen LogP contribution in [0.3, 0.4) is 0 Å². The highest BCUT2D eigenvalue weighted by Crippen LogP contribution is 2.29. The number of carbonyl (C=O) groups excluding carboxylic acids is 1. The molecule has 0 aliphatic carbocycles. The van der Waals surface area contributed by atoms with Crippen molar-refractivity contribution < 1.29 is 28.5 Å². The molecule has 0 N–H and O–H groups in total. The van der Waals surface area contributed by atoms with Crippen LogP contribution in [0.5, 0.6) is 0 Å². The Bertz CT molecular complexity index is 1080. The van der Waals surface area contributed by atoms with Gasteiger partial charge in [0.2, 0.25) is 6.29 Å². The molecule has 0 amide bonds. The van der Waals surface area contributed by atoms with E-state index in [1.165, 1.54) is 0 Å². The zero-order valence-corrected chi connectivity index (χ0v) is 22.8. The molecule has 1 aliphatic rings. The second kappa shape index (κ2) is 16.2. The van der Waals surface area contributed by atoms with Crippen LogP contribution in [0.25, 0.3) is 0 Å². The maximum absolute atomic E-state index is 12.6. The Morgan fingerprint density at radius 1 is 0.769 bits per heavy atom. The second-order valence-electron chi connectivity index (χ2n) is 9.88. The Balaban J connectivity index is 1.47. The first-order chi connectivity index (χ1) is 19.2. The predicted molar refractivity (Wildman–Crippen MR) is 150 cm³/mol. The molecule has 0 spiro atoms. The normalized spacial score (nSPS) is 20.9. The third-order valence-electron chi connectivity index (χ3n) is 6.72. The van der Waals surface area contributed by atoms with Gasteiger partial charge in [0.25, 0.3) is 0 Å². The van der Waals surface area contributed by atoms with E-state index in [4.69, 9.17) is 23.7 Å². The van der Waals surface area contributed by atoms with E-state index in [-0.39, 0.29) is 18.7 Å². The predicted octanol–water partition coefficient (Wildman–Crippen LogP) is 6.61. The molecule has 0 aromatic heterocycles. The van der Waals surface area contributed by atoms with Crippen molar-refractivity contribution >= 4 is 5.97 Å². The van der Waals surface area contributed by atoms with Gasteiger partial charge in [0.15, 0.2) is 0 Å². The molecule has 4 atom stereocenters. The lowest BCUT2D eigenvalue weighted by atomic mass is 10.0. The van der Waals surface area contributed by atoms with Gasteiger partial charge in [0.05, 0.1) is 32.5 Å². The number of rotatable bonds is 15. The van der Waals surface area contributed by atoms with E-state index in [1.54, 1.807) is 0 Å². The number of benzene rings is 3. The number of carbonyl (C=O) groups is 1. The van der Waals surface area contributed by atoms with E-state index in [0.717, 1.165) is 36.0 Å². The highest BCUT2D eigenvalue weighted by Gasteiger charge is 2.42. The fraction of sp³-hybridized carbons (Fsp3) is 0.424. The van der Waals surface area contributed by atoms with Crippen LogP contribution in [0, 0.1) is 0 Å². The monoisotopic (exact) mass is 532 g/mol. The van der Waals surface area contributed by atoms with Gasteiger partial charge in [0.1, 0.15) is 12.2 Å². The zero-order valence-electron chi connectivity index (χ0n) is 22.8. The van der Waals surface area contributed by atoms with Gasteiger partial charge < -0.3 is 23.7 Å². The first-order valence-electron chi connectivity index (χ1n) is 14.0. The van der Waals surface area contributed by atoms with Gasteiger partial charge in [-0.1, -0.05) is 111 Å². The summed E-state index contributed by atoms with van der Waals surface area (Å²) in [5, 5.41) is 0. The number of esters is 1. The van der Waals surface area contributed by atoms with Crippen LogP contribution in [0.4, 0.5) is 0 Å². The van der Waals surface area contributed by atoms with Gasteiger partial charge in [-0.3, -0.25) is 4.79 Å². The maximum Gasteiger partial charge on any atom is 0.308 e. The number of ether oxygens (including phenoxy) is 5. The molecule has 3 aromatic rings. The molecule has 39 heavy (non-hydrogen) atoms. The third kappa shape index (κ3) is 9.90. The molecule has 0 unspecified atom stereocenters. The summed E-state index contributed by atoms with van der Waals surface area (Å²) in [4.78, 5) is 12.6. The van der Waals surface area contributed by atoms with E-state index in [1.807, 2.05) is 91.0 Å². The molecule has 1 saturated heterocycles. The minimum atomic E-state index is -0.721. The van der Waals surface area contributed by atoms with Crippen LogP contribution in [0.2, 0.25) is 0 Å². The third-order valence-corrected chi connectivity index (χ3v) is 6.72. The molecule has 0 bridgehead atoms. The second-order valence-corrected chi connectivity index (χ2v) is 9.88. The maximum atomic E-state index is 12.6. The highest BCUT2D eigenvalue weighted by atomic mass is 16.7. The van der Waals surface area contributed by atoms with Crippen molar-refractivity contribution in [1.82, 2.24) is 0 Å². The van der Waals surface area contributed by atoms with E-state index in [0.29, 0.717) is 32.7 Å². The fourth-order valence-corrected chi connectivity index (χ4v) is 4.61. The summed E-state index contributed by atoms with van der Waals surface area (Å²) in [5.74, 6) is -0.247. The quantitative estimate of drug-likeness (QED) is 0.162. The highest BCUT2D eigenvalue weighted by molar-refractivity contribution is 5.69. The summed E-state index contributed by atoms with van der Waals surface area (Å²) in [6.45, 7) is 3.68. The van der Waals surface area contributed by atoms with Crippen molar-refractivity contribution in [2.24, 2.45) is 0 Å². The molecule has 3 aromatic carbocycles. The van der Waals surface area contributed by atoms with Crippen molar-refractivity contribution in [1.29, 1.82) is 0 Å². The van der Waals surface area contributed by atoms with Gasteiger partial charge in [0, 0.05) is 12.8 Å². The van der Waals surface area contributed by atoms with Gasteiger partial charge in [-0.25, -0.2) is 0 Å². The van der Waals surface area contributed by atoms with Crippen LogP contribution >= 0.6 is 0 Å². The van der Waals surface area contributed by atoms with Gasteiger partial charge in [-0.15, -0.1) is 0 Å². The van der Waals surface area contributed by atoms with E-state index in [9.17, 15) is 4.79 Å². The smallest absolute Gasteiger partial charge is 0.308 e. The molecule has 1 fully saturated rings. The van der Waals surface area contributed by atoms with Crippen LogP contribution < -0.4 is 0 Å². The average molecular weight is 533 g/mol. The lowest BCUT2D eigenvalue weighted by Gasteiger charge is -2.41. The number of hydrogen-bond donors (Lipinski definition) is 0. The Morgan fingerprint density at radius 3 is 1.92 bits per heavy atom. The van der Waals surface area contributed by atoms with Crippen LogP contribution in [-0.4, -0.2) is 37.2 Å². The lowest BCUT2D eigenvalue weighted by molar-refractivity contribution is -0.272. The minimum absolute atomic E-state index is 0.247. The lowest BCUT2D eigenvalue weighted by Crippen LogP contribution is -2.53. The number of unbranched alkanes of at least 4 members (excludes halogenated alkanes) is 2. The van der Waals surface area contributed by atoms with Gasteiger partial charge in [-0.05, 0) is 23.1 Å². The molecule has 0 radical (unpaired) electrons. The van der Waals surface area contributed by atoms with Crippen molar-refractivity contribution in [2.45, 2.75) is 83.5 Å². The standard InChI is InChI=1S/C33H40O6/c1-2-3-7-20-31(34)39-32-21-29(36-23-27-16-10-5-11-17-27)33(37-24-28-18-12-6-13-19-28)30(38-32)25-35-22-26-14-8-4-9-15-26/h4-6,8-19,29-30,32-33H,2-3,7,20-25H2,1H3/t29-,30-,32+,33+/m1/s1. The summed E-state index contributed by atoms with van der Waals surface area (Å²) in [5.41, 5.74) is 3.20. The van der Waals surface area contributed by atoms with Gasteiger partial charge in [-0.2, -0.15) is 0 Å². The molecule has 1 aliphatic heterocycles. The molecular formula is C33H40O6. The molecular weight excluding hydrogens is 492 g/mol. The minimum Gasteiger partial charge on any atom is -0.436 e. The molecule has 4 rings (SSSR count). The van der Waals surface area contributed by atoms with Crippen molar-refractivity contribution in [3.05, 3.63) is 108 Å².